The summed E-state index contributed by atoms with van der Waals surface area (Å²) in [5, 5.41) is 12.3. The van der Waals surface area contributed by atoms with Crippen molar-refractivity contribution in [3.8, 4) is 5.75 Å². The summed E-state index contributed by atoms with van der Waals surface area (Å²) < 4.78 is 5.58. The number of nitrogens with one attached hydrogen (secondary N) is 1. The zero-order valence-electron chi connectivity index (χ0n) is 9.88. The zero-order valence-corrected chi connectivity index (χ0v) is 9.88. The smallest absolute Gasteiger partial charge is 0.351 e. The van der Waals surface area contributed by atoms with Crippen LogP contribution in [0.4, 0.5) is 0 Å². The molecule has 0 heterocycles. The highest BCUT2D eigenvalue weighted by Crippen LogP contribution is 2.10. The second-order valence-corrected chi connectivity index (χ2v) is 3.61. The Morgan fingerprint density at radius 2 is 2.12 bits per heavy atom. The molecule has 0 bridgehead atoms. The number of nitrogens with zero attached hydrogens (tertiary/aromatic N) is 1. The maximum Gasteiger partial charge on any atom is 0.351 e. The van der Waals surface area contributed by atoms with Crippen molar-refractivity contribution in [3.05, 3.63) is 30.3 Å². The highest BCUT2D eigenvalue weighted by atomic mass is 16.5. The van der Waals surface area contributed by atoms with Gasteiger partial charge in [0.1, 0.15) is 17.6 Å². The lowest BCUT2D eigenvalue weighted by molar-refractivity contribution is -0.129. The average Bonchev–Trinajstić information content (AvgIpc) is 2.30. The van der Waals surface area contributed by atoms with E-state index in [1.54, 1.807) is 0 Å². The maximum absolute atomic E-state index is 10.5. The Labute approximate surface area is 100 Å². The maximum atomic E-state index is 10.5. The number of hydrazone groups is 1. The molecule has 0 saturated heterocycles. The van der Waals surface area contributed by atoms with Gasteiger partial charge in [0.15, 0.2) is 0 Å². The average molecular weight is 236 g/mol. The van der Waals surface area contributed by atoms with E-state index in [2.05, 4.69) is 10.5 Å². The Hall–Kier alpha value is -2.04. The second-order valence-electron chi connectivity index (χ2n) is 3.61. The molecule has 2 N–H and O–H groups in total. The molecule has 1 aromatic rings. The monoisotopic (exact) mass is 236 g/mol. The van der Waals surface area contributed by atoms with E-state index in [9.17, 15) is 4.79 Å². The van der Waals surface area contributed by atoms with Crippen molar-refractivity contribution in [1.82, 2.24) is 5.43 Å². The largest absolute Gasteiger partial charge is 0.489 e. The summed E-state index contributed by atoms with van der Waals surface area (Å²) in [6.07, 6.45) is -0.0947. The van der Waals surface area contributed by atoms with Crippen LogP contribution >= 0.6 is 0 Å². The Morgan fingerprint density at radius 3 is 2.71 bits per heavy atom. The first-order valence-corrected chi connectivity index (χ1v) is 5.31. The predicted molar refractivity (Wildman–Crippen MR) is 65.3 cm³/mol. The summed E-state index contributed by atoms with van der Waals surface area (Å²) in [6.45, 7) is 3.75. The molecule has 0 aromatic heterocycles. The minimum absolute atomic E-state index is 0.0249. The van der Waals surface area contributed by atoms with Gasteiger partial charge in [-0.05, 0) is 26.0 Å². The van der Waals surface area contributed by atoms with Crippen molar-refractivity contribution < 1.29 is 14.6 Å². The highest BCUT2D eigenvalue weighted by Gasteiger charge is 2.04. The molecule has 1 aromatic carbocycles. The summed E-state index contributed by atoms with van der Waals surface area (Å²) in [5.74, 6) is -0.255. The third-order valence-corrected chi connectivity index (χ3v) is 2.02. The van der Waals surface area contributed by atoms with Crippen LogP contribution in [0.1, 0.15) is 13.8 Å². The molecule has 0 aliphatic carbocycles. The Kier molecular flexibility index (Phi) is 5.00. The van der Waals surface area contributed by atoms with Crippen LogP contribution in [0, 0.1) is 0 Å². The molecule has 1 unspecified atom stereocenters. The normalized spacial score (nSPS) is 12.9. The fourth-order valence-corrected chi connectivity index (χ4v) is 1.11. The summed E-state index contributed by atoms with van der Waals surface area (Å²) >= 11 is 0. The zero-order chi connectivity index (χ0) is 12.7. The molecular weight excluding hydrogens is 220 g/mol. The molecule has 0 aliphatic heterocycles. The fourth-order valence-electron chi connectivity index (χ4n) is 1.11. The van der Waals surface area contributed by atoms with Crippen molar-refractivity contribution in [1.29, 1.82) is 0 Å². The Morgan fingerprint density at radius 1 is 1.47 bits per heavy atom. The van der Waals surface area contributed by atoms with E-state index in [-0.39, 0.29) is 11.8 Å². The third kappa shape index (κ3) is 5.01. The molecule has 0 amide bonds. The van der Waals surface area contributed by atoms with Crippen LogP contribution in [-0.2, 0) is 4.79 Å². The number of ether oxygens (including phenoxy) is 1. The van der Waals surface area contributed by atoms with Crippen LogP contribution in [0.3, 0.4) is 0 Å². The van der Waals surface area contributed by atoms with E-state index >= 15 is 0 Å². The molecule has 0 saturated carbocycles. The third-order valence-electron chi connectivity index (χ3n) is 2.02. The van der Waals surface area contributed by atoms with Crippen LogP contribution in [0.2, 0.25) is 0 Å². The summed E-state index contributed by atoms with van der Waals surface area (Å²) in [4.78, 5) is 10.5. The Balaban J connectivity index is 2.34. The van der Waals surface area contributed by atoms with E-state index in [0.717, 1.165) is 5.75 Å². The number of carbonyl (C=O) groups is 1. The van der Waals surface area contributed by atoms with Gasteiger partial charge in [0, 0.05) is 0 Å². The van der Waals surface area contributed by atoms with Crippen LogP contribution in [-0.4, -0.2) is 29.4 Å². The van der Waals surface area contributed by atoms with E-state index in [0.29, 0.717) is 6.54 Å². The lowest BCUT2D eigenvalue weighted by Gasteiger charge is -2.14. The number of para-hydroxylation sites is 1. The fraction of sp³-hybridized carbons (Fsp3) is 0.333. The summed E-state index contributed by atoms with van der Waals surface area (Å²) in [7, 11) is 0. The molecule has 0 aliphatic rings. The molecule has 1 atom stereocenters. The van der Waals surface area contributed by atoms with Crippen molar-refractivity contribution in [2.75, 3.05) is 6.54 Å². The van der Waals surface area contributed by atoms with Gasteiger partial charge in [-0.15, -0.1) is 0 Å². The predicted octanol–water partition coefficient (Wildman–Crippen LogP) is 1.50. The van der Waals surface area contributed by atoms with Gasteiger partial charge in [-0.2, -0.15) is 5.10 Å². The highest BCUT2D eigenvalue weighted by molar-refractivity contribution is 6.34. The number of rotatable bonds is 6. The number of hydrogen-bond donors (Lipinski definition) is 2. The minimum Gasteiger partial charge on any atom is -0.489 e. The van der Waals surface area contributed by atoms with E-state index in [4.69, 9.17) is 9.84 Å². The first kappa shape index (κ1) is 13.0. The van der Waals surface area contributed by atoms with Crippen molar-refractivity contribution in [2.45, 2.75) is 20.0 Å². The minimum atomic E-state index is -1.03. The lowest BCUT2D eigenvalue weighted by Crippen LogP contribution is -2.27. The number of carboxylic acids is 1. The summed E-state index contributed by atoms with van der Waals surface area (Å²) in [6, 6.07) is 9.42. The van der Waals surface area contributed by atoms with E-state index < -0.39 is 5.97 Å². The first-order valence-electron chi connectivity index (χ1n) is 5.31. The first-order chi connectivity index (χ1) is 8.09. The van der Waals surface area contributed by atoms with Gasteiger partial charge in [0.05, 0.1) is 6.54 Å². The number of carboxylic acid groups (broad SMARTS) is 1. The van der Waals surface area contributed by atoms with Gasteiger partial charge in [0.25, 0.3) is 0 Å². The number of aliphatic carboxylic acids is 1. The molecule has 0 fully saturated rings. The van der Waals surface area contributed by atoms with Gasteiger partial charge >= 0.3 is 5.97 Å². The van der Waals surface area contributed by atoms with Crippen molar-refractivity contribution in [2.24, 2.45) is 5.10 Å². The molecular formula is C12H16N2O3. The van der Waals surface area contributed by atoms with Crippen LogP contribution in [0.15, 0.2) is 35.4 Å². The molecule has 0 radical (unpaired) electrons. The van der Waals surface area contributed by atoms with Crippen molar-refractivity contribution in [3.63, 3.8) is 0 Å². The van der Waals surface area contributed by atoms with Crippen LogP contribution in [0.25, 0.3) is 0 Å². The van der Waals surface area contributed by atoms with E-state index in [1.165, 1.54) is 6.92 Å². The second kappa shape index (κ2) is 6.52. The molecule has 0 spiro atoms. The van der Waals surface area contributed by atoms with Gasteiger partial charge in [-0.3, -0.25) is 0 Å². The molecule has 17 heavy (non-hydrogen) atoms. The van der Waals surface area contributed by atoms with Crippen molar-refractivity contribution >= 4 is 11.7 Å². The topological polar surface area (TPSA) is 70.9 Å². The van der Waals surface area contributed by atoms with Gasteiger partial charge in [-0.25, -0.2) is 4.79 Å². The number of hydrogen-bond acceptors (Lipinski definition) is 4. The van der Waals surface area contributed by atoms with Gasteiger partial charge in [0.2, 0.25) is 0 Å². The van der Waals surface area contributed by atoms with Gasteiger partial charge in [-0.1, -0.05) is 18.2 Å². The molecule has 92 valence electrons. The summed E-state index contributed by atoms with van der Waals surface area (Å²) in [5.41, 5.74) is 2.69. The molecule has 5 heteroatoms. The van der Waals surface area contributed by atoms with E-state index in [1.807, 2.05) is 37.3 Å². The molecule has 1 rings (SSSR count). The SMILES string of the molecule is C/C(=N/NCC(C)Oc1ccccc1)C(=O)O. The van der Waals surface area contributed by atoms with Crippen LogP contribution < -0.4 is 10.2 Å². The Bertz CT molecular complexity index is 390. The van der Waals surface area contributed by atoms with Crippen LogP contribution in [0.5, 0.6) is 5.75 Å². The standard InChI is InChI=1S/C12H16N2O3/c1-9(8-13-14-10(2)12(15)16)17-11-6-4-3-5-7-11/h3-7,9,13H,8H2,1-2H3,(H,15,16)/b14-10-. The molecule has 5 nitrogen and oxygen atoms in total. The number of benzene rings is 1. The van der Waals surface area contributed by atoms with Gasteiger partial charge < -0.3 is 15.3 Å². The lowest BCUT2D eigenvalue weighted by atomic mass is 10.3. The quantitative estimate of drug-likeness (QED) is 0.580.